The number of hydrogen-bond acceptors (Lipinski definition) is 7. The monoisotopic (exact) mass is 319 g/mol. The Bertz CT molecular complexity index is 641. The minimum atomic E-state index is -0.217. The average Bonchev–Trinajstić information content (AvgIpc) is 2.55. The zero-order chi connectivity index (χ0) is 16.6. The first kappa shape index (κ1) is 15.4. The van der Waals surface area contributed by atoms with Gasteiger partial charge in [0.1, 0.15) is 12.0 Å². The SMILES string of the molecule is COC1=CN(N2CCN(C)CC2)C=C2C(O)=COC(C(=N)N)=C12. The molecule has 8 nitrogen and oxygen atoms in total. The fourth-order valence-corrected chi connectivity index (χ4v) is 2.76. The second-order valence-corrected chi connectivity index (χ2v) is 5.62. The van der Waals surface area contributed by atoms with E-state index in [-0.39, 0.29) is 17.4 Å². The highest BCUT2D eigenvalue weighted by Crippen LogP contribution is 2.36. The number of fused-ring (bicyclic) bond motifs is 1. The lowest BCUT2D eigenvalue weighted by Gasteiger charge is -2.40. The predicted molar refractivity (Wildman–Crippen MR) is 84.8 cm³/mol. The van der Waals surface area contributed by atoms with Crippen LogP contribution < -0.4 is 5.73 Å². The molecule has 8 heteroatoms. The molecule has 1 saturated heterocycles. The van der Waals surface area contributed by atoms with E-state index in [0.29, 0.717) is 16.9 Å². The van der Waals surface area contributed by atoms with Crippen LogP contribution in [0, 0.1) is 5.41 Å². The number of allylic oxidation sites excluding steroid dienone is 2. The Morgan fingerprint density at radius 3 is 2.61 bits per heavy atom. The van der Waals surface area contributed by atoms with Crippen molar-refractivity contribution in [3.8, 4) is 0 Å². The molecule has 0 atom stereocenters. The van der Waals surface area contributed by atoms with Gasteiger partial charge in [0, 0.05) is 32.4 Å². The third kappa shape index (κ3) is 2.78. The van der Waals surface area contributed by atoms with Crippen LogP contribution in [0.15, 0.2) is 47.1 Å². The Labute approximate surface area is 134 Å². The van der Waals surface area contributed by atoms with Gasteiger partial charge in [0.15, 0.2) is 17.4 Å². The summed E-state index contributed by atoms with van der Waals surface area (Å²) in [6, 6.07) is 0. The summed E-state index contributed by atoms with van der Waals surface area (Å²) in [7, 11) is 3.63. The van der Waals surface area contributed by atoms with E-state index in [2.05, 4.69) is 17.0 Å². The standard InChI is InChI=1S/C15H21N5O3/c1-18-3-5-19(6-4-18)20-7-10-11(21)9-23-14(15(16)17)13(10)12(8-20)22-2/h7-9,21H,3-6H2,1-2H3,(H3,16,17). The number of piperazine rings is 1. The Hall–Kier alpha value is -2.45. The number of rotatable bonds is 3. The van der Waals surface area contributed by atoms with Crippen LogP contribution in [-0.4, -0.2) is 66.2 Å². The number of aliphatic hydroxyl groups is 1. The van der Waals surface area contributed by atoms with E-state index in [1.807, 2.05) is 11.2 Å². The van der Waals surface area contributed by atoms with Crippen LogP contribution >= 0.6 is 0 Å². The Balaban J connectivity index is 1.98. The van der Waals surface area contributed by atoms with Gasteiger partial charge in [-0.25, -0.2) is 5.01 Å². The summed E-state index contributed by atoms with van der Waals surface area (Å²) in [5.74, 6) is 0.434. The molecule has 0 unspecified atom stereocenters. The Morgan fingerprint density at radius 2 is 2.00 bits per heavy atom. The summed E-state index contributed by atoms with van der Waals surface area (Å²) in [5.41, 5.74) is 6.60. The molecule has 3 heterocycles. The largest absolute Gasteiger partial charge is 0.504 e. The molecule has 3 aliphatic rings. The van der Waals surface area contributed by atoms with Gasteiger partial charge in [0.25, 0.3) is 0 Å². The van der Waals surface area contributed by atoms with Gasteiger partial charge in [-0.2, -0.15) is 0 Å². The van der Waals surface area contributed by atoms with E-state index in [0.717, 1.165) is 26.2 Å². The highest BCUT2D eigenvalue weighted by atomic mass is 16.5. The summed E-state index contributed by atoms with van der Waals surface area (Å²) in [4.78, 5) is 2.26. The Morgan fingerprint density at radius 1 is 1.30 bits per heavy atom. The summed E-state index contributed by atoms with van der Waals surface area (Å²) in [6.07, 6.45) is 4.81. The maximum Gasteiger partial charge on any atom is 0.179 e. The third-order valence-corrected chi connectivity index (χ3v) is 4.09. The summed E-state index contributed by atoms with van der Waals surface area (Å²) >= 11 is 0. The second-order valence-electron chi connectivity index (χ2n) is 5.62. The topological polar surface area (TPSA) is 98.3 Å². The number of amidine groups is 1. The van der Waals surface area contributed by atoms with Gasteiger partial charge in [0.05, 0.1) is 24.5 Å². The molecule has 1 fully saturated rings. The lowest BCUT2D eigenvalue weighted by molar-refractivity contribution is 0.0149. The average molecular weight is 319 g/mol. The van der Waals surface area contributed by atoms with Gasteiger partial charge >= 0.3 is 0 Å². The lowest BCUT2D eigenvalue weighted by Crippen LogP contribution is -2.50. The van der Waals surface area contributed by atoms with Crippen molar-refractivity contribution in [2.45, 2.75) is 0 Å². The van der Waals surface area contributed by atoms with Crippen molar-refractivity contribution < 1.29 is 14.6 Å². The van der Waals surface area contributed by atoms with Crippen molar-refractivity contribution in [3.05, 3.63) is 47.1 Å². The molecular weight excluding hydrogens is 298 g/mol. The van der Waals surface area contributed by atoms with Crippen LogP contribution in [0.3, 0.4) is 0 Å². The number of aliphatic hydroxyl groups excluding tert-OH is 1. The van der Waals surface area contributed by atoms with E-state index in [9.17, 15) is 5.11 Å². The van der Waals surface area contributed by atoms with Crippen molar-refractivity contribution in [3.63, 3.8) is 0 Å². The van der Waals surface area contributed by atoms with Gasteiger partial charge in [-0.1, -0.05) is 0 Å². The van der Waals surface area contributed by atoms with E-state index in [4.69, 9.17) is 20.6 Å². The van der Waals surface area contributed by atoms with E-state index >= 15 is 0 Å². The van der Waals surface area contributed by atoms with Crippen LogP contribution in [0.25, 0.3) is 0 Å². The first-order valence-electron chi connectivity index (χ1n) is 7.36. The van der Waals surface area contributed by atoms with Gasteiger partial charge < -0.3 is 25.2 Å². The number of methoxy groups -OCH3 is 1. The number of likely N-dealkylation sites (N-methyl/N-ethyl adjacent to an activating group) is 1. The van der Waals surface area contributed by atoms with Gasteiger partial charge in [-0.3, -0.25) is 10.4 Å². The molecule has 0 aromatic heterocycles. The van der Waals surface area contributed by atoms with Gasteiger partial charge in [-0.05, 0) is 7.05 Å². The number of hydrazine groups is 1. The number of nitrogens with zero attached hydrogens (tertiary/aromatic N) is 3. The van der Waals surface area contributed by atoms with Crippen LogP contribution in [0.1, 0.15) is 0 Å². The van der Waals surface area contributed by atoms with Crippen LogP contribution in [0.5, 0.6) is 0 Å². The molecule has 124 valence electrons. The molecule has 0 aromatic rings. The van der Waals surface area contributed by atoms with Crippen LogP contribution in [0.2, 0.25) is 0 Å². The van der Waals surface area contributed by atoms with Crippen LogP contribution in [-0.2, 0) is 9.47 Å². The molecule has 0 amide bonds. The molecule has 23 heavy (non-hydrogen) atoms. The zero-order valence-corrected chi connectivity index (χ0v) is 13.2. The number of nitrogens with one attached hydrogen (secondary N) is 1. The van der Waals surface area contributed by atoms with Crippen molar-refractivity contribution >= 4 is 5.84 Å². The molecule has 0 radical (unpaired) electrons. The highest BCUT2D eigenvalue weighted by Gasteiger charge is 2.32. The second kappa shape index (κ2) is 5.98. The van der Waals surface area contributed by atoms with E-state index in [1.54, 1.807) is 6.20 Å². The maximum absolute atomic E-state index is 10.2. The molecular formula is C15H21N5O3. The fourth-order valence-electron chi connectivity index (χ4n) is 2.76. The fraction of sp³-hybridized carbons (Fsp3) is 0.400. The molecule has 0 saturated carbocycles. The molecule has 3 rings (SSSR count). The number of hydrogen-bond donors (Lipinski definition) is 3. The molecule has 4 N–H and O–H groups in total. The van der Waals surface area contributed by atoms with Crippen molar-refractivity contribution in [2.75, 3.05) is 40.3 Å². The summed E-state index contributed by atoms with van der Waals surface area (Å²) in [6.45, 7) is 3.66. The molecule has 0 aliphatic carbocycles. The first-order valence-corrected chi connectivity index (χ1v) is 7.36. The van der Waals surface area contributed by atoms with E-state index in [1.165, 1.54) is 13.4 Å². The number of nitrogens with two attached hydrogens (primary N) is 1. The molecule has 3 aliphatic heterocycles. The van der Waals surface area contributed by atoms with Crippen LogP contribution in [0.4, 0.5) is 0 Å². The van der Waals surface area contributed by atoms with Crippen molar-refractivity contribution in [2.24, 2.45) is 5.73 Å². The zero-order valence-electron chi connectivity index (χ0n) is 13.2. The number of ether oxygens (including phenoxy) is 2. The predicted octanol–water partition coefficient (Wildman–Crippen LogP) is 0.456. The minimum Gasteiger partial charge on any atom is -0.504 e. The maximum atomic E-state index is 10.2. The van der Waals surface area contributed by atoms with Crippen molar-refractivity contribution in [1.82, 2.24) is 14.9 Å². The minimum absolute atomic E-state index is 0.0215. The Kier molecular flexibility index (Phi) is 4.01. The van der Waals surface area contributed by atoms with E-state index < -0.39 is 0 Å². The lowest BCUT2D eigenvalue weighted by atomic mass is 9.98. The molecule has 0 aromatic carbocycles. The highest BCUT2D eigenvalue weighted by molar-refractivity contribution is 5.95. The normalized spacial score (nSPS) is 22.7. The third-order valence-electron chi connectivity index (χ3n) is 4.09. The van der Waals surface area contributed by atoms with Gasteiger partial charge in [-0.15, -0.1) is 0 Å². The summed E-state index contributed by atoms with van der Waals surface area (Å²) < 4.78 is 10.7. The summed E-state index contributed by atoms with van der Waals surface area (Å²) in [5, 5.41) is 21.9. The van der Waals surface area contributed by atoms with Gasteiger partial charge in [0.2, 0.25) is 0 Å². The quantitative estimate of drug-likeness (QED) is 0.513. The first-order chi connectivity index (χ1) is 11.0. The molecule has 0 spiro atoms. The van der Waals surface area contributed by atoms with Crippen molar-refractivity contribution in [1.29, 1.82) is 5.41 Å². The molecule has 0 bridgehead atoms. The smallest absolute Gasteiger partial charge is 0.179 e.